The first-order valence-corrected chi connectivity index (χ1v) is 10.5. The normalized spacial score (nSPS) is 14.9. The van der Waals surface area contributed by atoms with Crippen LogP contribution in [0.4, 0.5) is 4.79 Å². The molecule has 3 amide bonds. The molecule has 154 valence electrons. The van der Waals surface area contributed by atoms with Crippen molar-refractivity contribution in [3.05, 3.63) is 106 Å². The van der Waals surface area contributed by atoms with Crippen LogP contribution in [-0.2, 0) is 11.4 Å². The fourth-order valence-corrected chi connectivity index (χ4v) is 3.84. The molecule has 0 aromatic heterocycles. The van der Waals surface area contributed by atoms with Crippen molar-refractivity contribution in [1.82, 2.24) is 4.90 Å². The number of amides is 3. The average Bonchev–Trinajstić information content (AvgIpc) is 3.06. The van der Waals surface area contributed by atoms with Crippen LogP contribution in [0.2, 0.25) is 0 Å². The molecule has 0 spiro atoms. The maximum atomic E-state index is 12.7. The third kappa shape index (κ3) is 4.75. The Morgan fingerprint density at radius 3 is 2.29 bits per heavy atom. The van der Waals surface area contributed by atoms with E-state index in [2.05, 4.69) is 0 Å². The molecule has 3 aromatic carbocycles. The maximum Gasteiger partial charge on any atom is 0.300 e. The van der Waals surface area contributed by atoms with Gasteiger partial charge in [-0.15, -0.1) is 0 Å². The smallest absolute Gasteiger partial charge is 0.300 e. The lowest BCUT2D eigenvalue weighted by Gasteiger charge is -2.10. The average molecular weight is 429 g/mol. The van der Waals surface area contributed by atoms with Crippen molar-refractivity contribution < 1.29 is 19.1 Å². The van der Waals surface area contributed by atoms with Gasteiger partial charge in [-0.05, 0) is 60.2 Å². The van der Waals surface area contributed by atoms with Crippen LogP contribution in [0.25, 0.3) is 6.08 Å². The monoisotopic (exact) mass is 429 g/mol. The number of carbonyl (C=O) groups excluding carboxylic acids is 3. The zero-order valence-corrected chi connectivity index (χ0v) is 17.6. The number of thioether (sulfide) groups is 1. The number of aryl methyl sites for hydroxylation is 1. The number of rotatable bonds is 5. The molecule has 6 heteroatoms. The van der Waals surface area contributed by atoms with E-state index in [1.165, 1.54) is 0 Å². The van der Waals surface area contributed by atoms with E-state index >= 15 is 0 Å². The minimum absolute atomic E-state index is 0.211. The number of ether oxygens (including phenoxy) is 1. The second kappa shape index (κ2) is 9.02. The quantitative estimate of drug-likeness (QED) is 0.399. The zero-order valence-electron chi connectivity index (χ0n) is 16.8. The molecular weight excluding hydrogens is 410 g/mol. The van der Waals surface area contributed by atoms with Gasteiger partial charge in [0.1, 0.15) is 12.4 Å². The summed E-state index contributed by atoms with van der Waals surface area (Å²) in [4.78, 5) is 38.6. The van der Waals surface area contributed by atoms with Gasteiger partial charge < -0.3 is 4.74 Å². The number of benzene rings is 3. The molecule has 0 bridgehead atoms. The highest BCUT2D eigenvalue weighted by atomic mass is 32.2. The minimum Gasteiger partial charge on any atom is -0.489 e. The van der Waals surface area contributed by atoms with Crippen LogP contribution in [0.3, 0.4) is 0 Å². The van der Waals surface area contributed by atoms with Crippen LogP contribution in [0.5, 0.6) is 5.75 Å². The van der Waals surface area contributed by atoms with Crippen LogP contribution < -0.4 is 4.74 Å². The summed E-state index contributed by atoms with van der Waals surface area (Å²) in [6.07, 6.45) is 1.61. The highest BCUT2D eigenvalue weighted by molar-refractivity contribution is 8.18. The Hall–Kier alpha value is -3.64. The Labute approximate surface area is 184 Å². The summed E-state index contributed by atoms with van der Waals surface area (Å²) in [5.74, 6) is -0.524. The Morgan fingerprint density at radius 1 is 0.935 bits per heavy atom. The Balaban J connectivity index is 1.45. The van der Waals surface area contributed by atoms with E-state index in [9.17, 15) is 14.4 Å². The summed E-state index contributed by atoms with van der Waals surface area (Å²) in [6, 6.07) is 23.8. The molecule has 1 saturated heterocycles. The summed E-state index contributed by atoms with van der Waals surface area (Å²) >= 11 is 0.761. The van der Waals surface area contributed by atoms with Crippen molar-refractivity contribution in [3.8, 4) is 5.75 Å². The van der Waals surface area contributed by atoms with Crippen LogP contribution in [0.1, 0.15) is 27.0 Å². The second-order valence-corrected chi connectivity index (χ2v) is 8.02. The van der Waals surface area contributed by atoms with E-state index in [-0.39, 0.29) is 4.91 Å². The number of hydrogen-bond donors (Lipinski definition) is 0. The van der Waals surface area contributed by atoms with E-state index in [0.29, 0.717) is 22.8 Å². The second-order valence-electron chi connectivity index (χ2n) is 7.03. The zero-order chi connectivity index (χ0) is 21.8. The summed E-state index contributed by atoms with van der Waals surface area (Å²) in [7, 11) is 0. The Morgan fingerprint density at radius 2 is 1.61 bits per heavy atom. The first kappa shape index (κ1) is 20.6. The molecule has 31 heavy (non-hydrogen) atoms. The molecule has 0 unspecified atom stereocenters. The maximum absolute atomic E-state index is 12.7. The van der Waals surface area contributed by atoms with E-state index in [0.717, 1.165) is 28.5 Å². The molecule has 5 nitrogen and oxygen atoms in total. The molecule has 3 aromatic rings. The van der Waals surface area contributed by atoms with Gasteiger partial charge in [0.25, 0.3) is 11.8 Å². The lowest BCUT2D eigenvalue weighted by molar-refractivity contribution is -0.120. The third-order valence-corrected chi connectivity index (χ3v) is 5.59. The molecule has 0 saturated carbocycles. The van der Waals surface area contributed by atoms with E-state index in [1.54, 1.807) is 54.6 Å². The van der Waals surface area contributed by atoms with Gasteiger partial charge >= 0.3 is 5.24 Å². The number of imide groups is 3. The summed E-state index contributed by atoms with van der Waals surface area (Å²) in [5, 5.41) is -0.593. The highest BCUT2D eigenvalue weighted by Gasteiger charge is 2.40. The predicted octanol–water partition coefficient (Wildman–Crippen LogP) is 5.45. The number of nitrogens with zero attached hydrogens (tertiary/aromatic N) is 1. The first-order chi connectivity index (χ1) is 15.0. The Kier molecular flexibility index (Phi) is 6.00. The van der Waals surface area contributed by atoms with Crippen LogP contribution in [-0.4, -0.2) is 22.0 Å². The highest BCUT2D eigenvalue weighted by Crippen LogP contribution is 2.33. The van der Waals surface area contributed by atoms with Crippen molar-refractivity contribution in [3.63, 3.8) is 0 Å². The van der Waals surface area contributed by atoms with Gasteiger partial charge in [0, 0.05) is 5.56 Å². The molecular formula is C25H19NO4S. The summed E-state index contributed by atoms with van der Waals surface area (Å²) in [6.45, 7) is 2.36. The molecule has 0 atom stereocenters. The van der Waals surface area contributed by atoms with Gasteiger partial charge in [-0.1, -0.05) is 60.2 Å². The molecule has 0 radical (unpaired) electrons. The van der Waals surface area contributed by atoms with Crippen molar-refractivity contribution in [1.29, 1.82) is 0 Å². The molecule has 1 heterocycles. The van der Waals surface area contributed by atoms with E-state index < -0.39 is 17.1 Å². The molecule has 0 N–H and O–H groups in total. The van der Waals surface area contributed by atoms with Crippen LogP contribution in [0, 0.1) is 6.92 Å². The summed E-state index contributed by atoms with van der Waals surface area (Å²) < 4.78 is 5.76. The fraction of sp³-hybridized carbons (Fsp3) is 0.0800. The number of carbonyl (C=O) groups is 3. The van der Waals surface area contributed by atoms with Crippen LogP contribution in [0.15, 0.2) is 83.8 Å². The van der Waals surface area contributed by atoms with Gasteiger partial charge in [-0.25, -0.2) is 4.90 Å². The van der Waals surface area contributed by atoms with Gasteiger partial charge in [-0.2, -0.15) is 0 Å². The van der Waals surface area contributed by atoms with Gasteiger partial charge in [-0.3, -0.25) is 14.4 Å². The van der Waals surface area contributed by atoms with Crippen LogP contribution >= 0.6 is 11.8 Å². The van der Waals surface area contributed by atoms with Crippen molar-refractivity contribution in [2.45, 2.75) is 13.5 Å². The van der Waals surface area contributed by atoms with Crippen molar-refractivity contribution in [2.75, 3.05) is 0 Å². The third-order valence-electron chi connectivity index (χ3n) is 4.72. The van der Waals surface area contributed by atoms with E-state index in [1.807, 2.05) is 37.3 Å². The SMILES string of the molecule is Cc1ccc(C(=O)N2C(=O)S/C(=C/c3ccc(OCc4ccccc4)cc3)C2=O)cc1. The lowest BCUT2D eigenvalue weighted by Crippen LogP contribution is -2.34. The minimum atomic E-state index is -0.615. The largest absolute Gasteiger partial charge is 0.489 e. The molecule has 0 aliphatic carbocycles. The fourth-order valence-electron chi connectivity index (χ4n) is 3.02. The Bertz CT molecular complexity index is 1150. The van der Waals surface area contributed by atoms with Gasteiger partial charge in [0.05, 0.1) is 4.91 Å². The van der Waals surface area contributed by atoms with E-state index in [4.69, 9.17) is 4.74 Å². The molecule has 1 fully saturated rings. The topological polar surface area (TPSA) is 63.7 Å². The lowest BCUT2D eigenvalue weighted by atomic mass is 10.1. The van der Waals surface area contributed by atoms with Gasteiger partial charge in [0.15, 0.2) is 0 Å². The van der Waals surface area contributed by atoms with Crippen molar-refractivity contribution >= 4 is 34.9 Å². The first-order valence-electron chi connectivity index (χ1n) is 9.67. The molecule has 1 aliphatic rings. The standard InChI is InChI=1S/C25H19NO4S/c1-17-7-11-20(12-8-17)23(27)26-24(28)22(31-25(26)29)15-18-9-13-21(14-10-18)30-16-19-5-3-2-4-6-19/h2-15H,16H2,1H3/b22-15+. The number of hydrogen-bond acceptors (Lipinski definition) is 5. The van der Waals surface area contributed by atoms with Crippen molar-refractivity contribution in [2.24, 2.45) is 0 Å². The summed E-state index contributed by atoms with van der Waals surface area (Å²) in [5.41, 5.74) is 3.09. The van der Waals surface area contributed by atoms with Gasteiger partial charge in [0.2, 0.25) is 0 Å². The molecule has 4 rings (SSSR count). The predicted molar refractivity (Wildman–Crippen MR) is 121 cm³/mol. The molecule has 1 aliphatic heterocycles.